The van der Waals surface area contributed by atoms with Crippen LogP contribution in [-0.2, 0) is 4.79 Å². The number of hydrogen-bond donors (Lipinski definition) is 3. The fourth-order valence-electron chi connectivity index (χ4n) is 3.82. The Morgan fingerprint density at radius 3 is 2.44 bits per heavy atom. The number of carbonyl (C=O) groups excluding carboxylic acids is 1. The Hall–Kier alpha value is -0.650. The minimum Gasteiger partial charge on any atom is -0.391 e. The SMILES string of the molecule is CC(C)[C@@H](C[C@H](O)[C@@H](N)CC1CCCCC1)C(=O)NCCCN(C)C. The molecule has 25 heavy (non-hydrogen) atoms. The highest BCUT2D eigenvalue weighted by Crippen LogP contribution is 2.28. The van der Waals surface area contributed by atoms with Gasteiger partial charge in [0, 0.05) is 18.5 Å². The summed E-state index contributed by atoms with van der Waals surface area (Å²) < 4.78 is 0. The molecule has 1 amide bonds. The van der Waals surface area contributed by atoms with Crippen molar-refractivity contribution in [3.8, 4) is 0 Å². The average molecular weight is 356 g/mol. The van der Waals surface area contributed by atoms with Gasteiger partial charge in [0.15, 0.2) is 0 Å². The second-order valence-corrected chi connectivity index (χ2v) is 8.51. The Balaban J connectivity index is 2.41. The third-order valence-electron chi connectivity index (χ3n) is 5.54. The highest BCUT2D eigenvalue weighted by Gasteiger charge is 2.29. The lowest BCUT2D eigenvalue weighted by Gasteiger charge is -2.29. The van der Waals surface area contributed by atoms with Gasteiger partial charge in [0.1, 0.15) is 0 Å². The fourth-order valence-corrected chi connectivity index (χ4v) is 3.82. The van der Waals surface area contributed by atoms with Crippen molar-refractivity contribution in [2.24, 2.45) is 23.5 Å². The third-order valence-corrected chi connectivity index (χ3v) is 5.54. The van der Waals surface area contributed by atoms with Crippen LogP contribution in [0, 0.1) is 17.8 Å². The monoisotopic (exact) mass is 355 g/mol. The molecule has 0 radical (unpaired) electrons. The number of nitrogens with two attached hydrogens (primary N) is 1. The number of aliphatic hydroxyl groups is 1. The quantitative estimate of drug-likeness (QED) is 0.497. The number of hydrogen-bond acceptors (Lipinski definition) is 4. The maximum Gasteiger partial charge on any atom is 0.223 e. The molecule has 3 atom stereocenters. The lowest BCUT2D eigenvalue weighted by atomic mass is 9.81. The molecule has 1 fully saturated rings. The summed E-state index contributed by atoms with van der Waals surface area (Å²) in [5, 5.41) is 13.6. The Morgan fingerprint density at radius 2 is 1.88 bits per heavy atom. The summed E-state index contributed by atoms with van der Waals surface area (Å²) in [6.45, 7) is 5.73. The number of nitrogens with one attached hydrogen (secondary N) is 1. The van der Waals surface area contributed by atoms with E-state index in [1.165, 1.54) is 32.1 Å². The number of nitrogens with zero attached hydrogens (tertiary/aromatic N) is 1. The minimum absolute atomic E-state index is 0.0534. The van der Waals surface area contributed by atoms with E-state index in [2.05, 4.69) is 10.2 Å². The highest BCUT2D eigenvalue weighted by molar-refractivity contribution is 5.78. The van der Waals surface area contributed by atoms with E-state index in [4.69, 9.17) is 5.73 Å². The van der Waals surface area contributed by atoms with Gasteiger partial charge in [-0.25, -0.2) is 0 Å². The summed E-state index contributed by atoms with van der Waals surface area (Å²) in [5.41, 5.74) is 6.26. The van der Waals surface area contributed by atoms with Gasteiger partial charge >= 0.3 is 0 Å². The molecule has 0 aromatic heterocycles. The topological polar surface area (TPSA) is 78.6 Å². The van der Waals surface area contributed by atoms with Crippen LogP contribution in [0.4, 0.5) is 0 Å². The van der Waals surface area contributed by atoms with Crippen molar-refractivity contribution in [2.45, 2.75) is 77.4 Å². The molecule has 0 heterocycles. The lowest BCUT2D eigenvalue weighted by Crippen LogP contribution is -2.42. The van der Waals surface area contributed by atoms with Crippen LogP contribution in [-0.4, -0.2) is 55.2 Å². The first-order valence-corrected chi connectivity index (χ1v) is 10.2. The van der Waals surface area contributed by atoms with Crippen molar-refractivity contribution < 1.29 is 9.90 Å². The normalized spacial score (nSPS) is 19.8. The predicted octanol–water partition coefficient (Wildman–Crippen LogP) is 2.38. The average Bonchev–Trinajstić information content (AvgIpc) is 2.56. The van der Waals surface area contributed by atoms with Gasteiger partial charge in [-0.1, -0.05) is 46.0 Å². The maximum absolute atomic E-state index is 12.5. The summed E-state index contributed by atoms with van der Waals surface area (Å²) >= 11 is 0. The Kier molecular flexibility index (Phi) is 10.6. The molecule has 0 aliphatic heterocycles. The zero-order chi connectivity index (χ0) is 18.8. The van der Waals surface area contributed by atoms with E-state index in [1.807, 2.05) is 27.9 Å². The molecule has 148 valence electrons. The van der Waals surface area contributed by atoms with Crippen molar-refractivity contribution in [3.05, 3.63) is 0 Å². The van der Waals surface area contributed by atoms with Crippen LogP contribution in [0.1, 0.15) is 65.2 Å². The molecule has 0 spiro atoms. The Labute approximate surface area is 154 Å². The van der Waals surface area contributed by atoms with Crippen molar-refractivity contribution >= 4 is 5.91 Å². The molecule has 1 aliphatic rings. The van der Waals surface area contributed by atoms with Crippen molar-refractivity contribution in [2.75, 3.05) is 27.2 Å². The smallest absolute Gasteiger partial charge is 0.223 e. The van der Waals surface area contributed by atoms with E-state index in [0.29, 0.717) is 18.9 Å². The van der Waals surface area contributed by atoms with Gasteiger partial charge < -0.3 is 21.1 Å². The minimum atomic E-state index is -0.596. The highest BCUT2D eigenvalue weighted by atomic mass is 16.3. The van der Waals surface area contributed by atoms with Crippen molar-refractivity contribution in [3.63, 3.8) is 0 Å². The van der Waals surface area contributed by atoms with Crippen LogP contribution < -0.4 is 11.1 Å². The van der Waals surface area contributed by atoms with Crippen molar-refractivity contribution in [1.29, 1.82) is 0 Å². The van der Waals surface area contributed by atoms with Gasteiger partial charge in [0.2, 0.25) is 5.91 Å². The van der Waals surface area contributed by atoms with Gasteiger partial charge in [-0.05, 0) is 51.7 Å². The Bertz CT molecular complexity index is 368. The van der Waals surface area contributed by atoms with E-state index >= 15 is 0 Å². The van der Waals surface area contributed by atoms with E-state index in [-0.39, 0.29) is 23.8 Å². The molecule has 5 nitrogen and oxygen atoms in total. The second kappa shape index (κ2) is 11.9. The van der Waals surface area contributed by atoms with Gasteiger partial charge in [-0.15, -0.1) is 0 Å². The van der Waals surface area contributed by atoms with E-state index in [9.17, 15) is 9.90 Å². The molecule has 0 bridgehead atoms. The van der Waals surface area contributed by atoms with E-state index in [0.717, 1.165) is 19.4 Å². The summed E-state index contributed by atoms with van der Waals surface area (Å²) in [4.78, 5) is 14.6. The number of aliphatic hydroxyl groups excluding tert-OH is 1. The predicted molar refractivity (Wildman–Crippen MR) is 104 cm³/mol. The molecule has 1 aliphatic carbocycles. The van der Waals surface area contributed by atoms with Gasteiger partial charge in [-0.2, -0.15) is 0 Å². The van der Waals surface area contributed by atoms with Gasteiger partial charge in [0.25, 0.3) is 0 Å². The zero-order valence-electron chi connectivity index (χ0n) is 16.8. The van der Waals surface area contributed by atoms with Crippen LogP contribution in [0.3, 0.4) is 0 Å². The molecular formula is C20H41N3O2. The van der Waals surface area contributed by atoms with Crippen LogP contribution in [0.5, 0.6) is 0 Å². The molecule has 1 saturated carbocycles. The van der Waals surface area contributed by atoms with E-state index < -0.39 is 6.10 Å². The first kappa shape index (κ1) is 22.4. The molecule has 0 aromatic carbocycles. The maximum atomic E-state index is 12.5. The summed E-state index contributed by atoms with van der Waals surface area (Å²) in [6.07, 6.45) is 8.07. The van der Waals surface area contributed by atoms with Crippen LogP contribution in [0.25, 0.3) is 0 Å². The first-order chi connectivity index (χ1) is 11.8. The Morgan fingerprint density at radius 1 is 1.24 bits per heavy atom. The summed E-state index contributed by atoms with van der Waals surface area (Å²) in [7, 11) is 4.06. The fraction of sp³-hybridized carbons (Fsp3) is 0.950. The zero-order valence-corrected chi connectivity index (χ0v) is 16.8. The van der Waals surface area contributed by atoms with Gasteiger partial charge in [-0.3, -0.25) is 4.79 Å². The molecule has 5 heteroatoms. The number of amides is 1. The third kappa shape index (κ3) is 9.02. The molecule has 0 aromatic rings. The lowest BCUT2D eigenvalue weighted by molar-refractivity contribution is -0.127. The standard InChI is InChI=1S/C20H41N3O2/c1-15(2)17(20(25)22-11-8-12-23(3)4)14-19(24)18(21)13-16-9-6-5-7-10-16/h15-19,24H,5-14,21H2,1-4H3,(H,22,25)/t17-,18+,19+/m1/s1. The summed E-state index contributed by atoms with van der Waals surface area (Å²) in [6, 6.07) is -0.217. The van der Waals surface area contributed by atoms with Crippen LogP contribution in [0.15, 0.2) is 0 Å². The molecule has 0 unspecified atom stereocenters. The molecular weight excluding hydrogens is 314 g/mol. The van der Waals surface area contributed by atoms with Gasteiger partial charge in [0.05, 0.1) is 6.10 Å². The van der Waals surface area contributed by atoms with Crippen LogP contribution in [0.2, 0.25) is 0 Å². The molecule has 0 saturated heterocycles. The number of rotatable bonds is 11. The second-order valence-electron chi connectivity index (χ2n) is 8.51. The molecule has 1 rings (SSSR count). The largest absolute Gasteiger partial charge is 0.391 e. The molecule has 4 N–H and O–H groups in total. The van der Waals surface area contributed by atoms with Crippen molar-refractivity contribution in [1.82, 2.24) is 10.2 Å². The van der Waals surface area contributed by atoms with E-state index in [1.54, 1.807) is 0 Å². The van der Waals surface area contributed by atoms with Crippen LogP contribution >= 0.6 is 0 Å². The summed E-state index contributed by atoms with van der Waals surface area (Å²) in [5.74, 6) is 0.727. The number of carbonyl (C=O) groups is 1. The first-order valence-electron chi connectivity index (χ1n) is 10.2.